The lowest BCUT2D eigenvalue weighted by Gasteiger charge is -2.41. The molecule has 1 fully saturated rings. The Morgan fingerprint density at radius 2 is 1.33 bits per heavy atom. The van der Waals surface area contributed by atoms with Crippen LogP contribution in [0.4, 0.5) is 0 Å². The fourth-order valence-corrected chi connectivity index (χ4v) is 4.82. The van der Waals surface area contributed by atoms with Crippen molar-refractivity contribution in [3.63, 3.8) is 0 Å². The third-order valence-corrected chi connectivity index (χ3v) is 6.21. The van der Waals surface area contributed by atoms with Crippen molar-refractivity contribution in [1.29, 1.82) is 0 Å². The zero-order chi connectivity index (χ0) is 18.6. The van der Waals surface area contributed by atoms with E-state index in [1.165, 1.54) is 22.3 Å². The van der Waals surface area contributed by atoms with Gasteiger partial charge in [-0.05, 0) is 34.7 Å². The molecule has 0 aromatic heterocycles. The quantitative estimate of drug-likeness (QED) is 0.726. The largest absolute Gasteiger partial charge is 0.287 e. The van der Waals surface area contributed by atoms with Crippen molar-refractivity contribution in [2.75, 3.05) is 0 Å². The third-order valence-electron chi connectivity index (χ3n) is 6.21. The van der Waals surface area contributed by atoms with Crippen LogP contribution in [0.15, 0.2) is 78.9 Å². The summed E-state index contributed by atoms with van der Waals surface area (Å²) < 4.78 is 0. The molecule has 0 saturated carbocycles. The summed E-state index contributed by atoms with van der Waals surface area (Å²) in [5, 5.41) is 2.18. The summed E-state index contributed by atoms with van der Waals surface area (Å²) in [6, 6.07) is 27.4. The predicted octanol–water partition coefficient (Wildman–Crippen LogP) is 4.65. The van der Waals surface area contributed by atoms with Crippen LogP contribution in [-0.2, 0) is 10.3 Å². The summed E-state index contributed by atoms with van der Waals surface area (Å²) in [7, 11) is 0. The van der Waals surface area contributed by atoms with E-state index in [4.69, 9.17) is 0 Å². The Balaban J connectivity index is 1.74. The lowest BCUT2D eigenvalue weighted by atomic mass is 9.85. The van der Waals surface area contributed by atoms with Gasteiger partial charge in [0.15, 0.2) is 0 Å². The Kier molecular flexibility index (Phi) is 3.49. The van der Waals surface area contributed by atoms with Crippen molar-refractivity contribution in [2.24, 2.45) is 5.92 Å². The molecule has 2 atom stereocenters. The van der Waals surface area contributed by atoms with Gasteiger partial charge < -0.3 is 0 Å². The standard InChI is InChI=1S/C24H22N2O/c1-16-22(17-10-4-3-5-11-17)26(25-23(16)27)24(2)20-14-8-6-12-18(20)19-13-7-9-15-21(19)24/h3-16,22H,1-2H3,(H,25,27)/t16-,22+/m1/s1. The van der Waals surface area contributed by atoms with Crippen molar-refractivity contribution in [2.45, 2.75) is 25.4 Å². The van der Waals surface area contributed by atoms with Gasteiger partial charge in [-0.2, -0.15) is 5.01 Å². The van der Waals surface area contributed by atoms with Crippen LogP contribution in [0.3, 0.4) is 0 Å². The van der Waals surface area contributed by atoms with Crippen molar-refractivity contribution >= 4 is 5.91 Å². The minimum absolute atomic E-state index is 0.0251. The lowest BCUT2D eigenvalue weighted by Crippen LogP contribution is -2.49. The van der Waals surface area contributed by atoms with Crippen LogP contribution in [0.25, 0.3) is 11.1 Å². The van der Waals surface area contributed by atoms with Crippen molar-refractivity contribution in [1.82, 2.24) is 10.4 Å². The maximum atomic E-state index is 12.7. The molecular weight excluding hydrogens is 332 g/mol. The number of hydrogen-bond donors (Lipinski definition) is 1. The zero-order valence-corrected chi connectivity index (χ0v) is 15.5. The molecular formula is C24H22N2O. The molecule has 3 aromatic carbocycles. The topological polar surface area (TPSA) is 32.3 Å². The number of carbonyl (C=O) groups is 1. The molecule has 134 valence electrons. The molecule has 0 spiro atoms. The van der Waals surface area contributed by atoms with Gasteiger partial charge in [-0.15, -0.1) is 0 Å². The molecule has 5 rings (SSSR count). The van der Waals surface area contributed by atoms with Crippen LogP contribution in [-0.4, -0.2) is 10.9 Å². The van der Waals surface area contributed by atoms with E-state index in [0.717, 1.165) is 5.56 Å². The minimum atomic E-state index is -0.423. The monoisotopic (exact) mass is 354 g/mol. The Bertz CT molecular complexity index is 982. The second kappa shape index (κ2) is 5.80. The molecule has 1 N–H and O–H groups in total. The average Bonchev–Trinajstić information content (AvgIpc) is 3.16. The summed E-state index contributed by atoms with van der Waals surface area (Å²) >= 11 is 0. The van der Waals surface area contributed by atoms with Crippen LogP contribution in [0.1, 0.15) is 36.6 Å². The molecule has 1 saturated heterocycles. The van der Waals surface area contributed by atoms with Gasteiger partial charge in [-0.1, -0.05) is 85.8 Å². The fraction of sp³-hybridized carbons (Fsp3) is 0.208. The van der Waals surface area contributed by atoms with Crippen LogP contribution >= 0.6 is 0 Å². The smallest absolute Gasteiger partial charge is 0.239 e. The first-order valence-electron chi connectivity index (χ1n) is 9.46. The Hall–Kier alpha value is -2.91. The van der Waals surface area contributed by atoms with Crippen molar-refractivity contribution in [3.05, 3.63) is 95.6 Å². The number of hydrazine groups is 1. The predicted molar refractivity (Wildman–Crippen MR) is 107 cm³/mol. The normalized spacial score (nSPS) is 23.0. The highest BCUT2D eigenvalue weighted by Crippen LogP contribution is 2.53. The van der Waals surface area contributed by atoms with E-state index < -0.39 is 5.54 Å². The van der Waals surface area contributed by atoms with Gasteiger partial charge in [-0.3, -0.25) is 10.2 Å². The SMILES string of the molecule is C[C@H]1C(=O)NN(C2(C)c3ccccc3-c3ccccc32)[C@@H]1c1ccccc1. The van der Waals surface area contributed by atoms with Gasteiger partial charge >= 0.3 is 0 Å². The second-order valence-corrected chi connectivity index (χ2v) is 7.65. The molecule has 1 heterocycles. The van der Waals surface area contributed by atoms with E-state index in [9.17, 15) is 4.79 Å². The molecule has 1 aliphatic carbocycles. The second-order valence-electron chi connectivity index (χ2n) is 7.65. The minimum Gasteiger partial charge on any atom is -0.287 e. The molecule has 1 amide bonds. The molecule has 0 unspecified atom stereocenters. The first kappa shape index (κ1) is 16.3. The van der Waals surface area contributed by atoms with Gasteiger partial charge in [-0.25, -0.2) is 0 Å². The maximum absolute atomic E-state index is 12.7. The highest BCUT2D eigenvalue weighted by Gasteiger charge is 2.52. The van der Waals surface area contributed by atoms with E-state index in [0.29, 0.717) is 0 Å². The Morgan fingerprint density at radius 1 is 0.815 bits per heavy atom. The van der Waals surface area contributed by atoms with E-state index >= 15 is 0 Å². The Morgan fingerprint density at radius 3 is 1.93 bits per heavy atom. The molecule has 0 radical (unpaired) electrons. The lowest BCUT2D eigenvalue weighted by molar-refractivity contribution is -0.124. The number of rotatable bonds is 2. The van der Waals surface area contributed by atoms with Crippen LogP contribution in [0, 0.1) is 5.92 Å². The van der Waals surface area contributed by atoms with Gasteiger partial charge in [0.05, 0.1) is 17.5 Å². The summed E-state index contributed by atoms with van der Waals surface area (Å²) in [5.41, 5.74) is 8.92. The summed E-state index contributed by atoms with van der Waals surface area (Å²) in [6.07, 6.45) is 0. The number of nitrogens with zero attached hydrogens (tertiary/aromatic N) is 1. The fourth-order valence-electron chi connectivity index (χ4n) is 4.82. The van der Waals surface area contributed by atoms with E-state index in [-0.39, 0.29) is 17.9 Å². The molecule has 1 aliphatic heterocycles. The first-order valence-corrected chi connectivity index (χ1v) is 9.46. The molecule has 3 nitrogen and oxygen atoms in total. The number of benzene rings is 3. The molecule has 27 heavy (non-hydrogen) atoms. The molecule has 2 aliphatic rings. The number of amides is 1. The van der Waals surface area contributed by atoms with Crippen molar-refractivity contribution < 1.29 is 4.79 Å². The molecule has 3 aromatic rings. The number of carbonyl (C=O) groups excluding carboxylic acids is 1. The van der Waals surface area contributed by atoms with Gasteiger partial charge in [0.2, 0.25) is 5.91 Å². The van der Waals surface area contributed by atoms with Gasteiger partial charge in [0.25, 0.3) is 0 Å². The molecule has 3 heteroatoms. The van der Waals surface area contributed by atoms with Gasteiger partial charge in [0, 0.05) is 0 Å². The number of fused-ring (bicyclic) bond motifs is 3. The zero-order valence-electron chi connectivity index (χ0n) is 15.5. The number of hydrogen-bond acceptors (Lipinski definition) is 2. The van der Waals surface area contributed by atoms with E-state index in [1.54, 1.807) is 0 Å². The molecule has 0 bridgehead atoms. The van der Waals surface area contributed by atoms with Crippen LogP contribution in [0.5, 0.6) is 0 Å². The number of nitrogens with one attached hydrogen (secondary N) is 1. The van der Waals surface area contributed by atoms with Crippen molar-refractivity contribution in [3.8, 4) is 11.1 Å². The van der Waals surface area contributed by atoms with Crippen LogP contribution in [0.2, 0.25) is 0 Å². The maximum Gasteiger partial charge on any atom is 0.239 e. The summed E-state index contributed by atoms with van der Waals surface area (Å²) in [5.74, 6) is -0.0453. The van der Waals surface area contributed by atoms with Gasteiger partial charge in [0.1, 0.15) is 0 Å². The first-order chi connectivity index (χ1) is 13.1. The van der Waals surface area contributed by atoms with E-state index in [1.807, 2.05) is 25.1 Å². The summed E-state index contributed by atoms with van der Waals surface area (Å²) in [6.45, 7) is 4.25. The highest BCUT2D eigenvalue weighted by molar-refractivity contribution is 5.84. The van der Waals surface area contributed by atoms with E-state index in [2.05, 4.69) is 78.0 Å². The highest BCUT2D eigenvalue weighted by atomic mass is 16.2. The third kappa shape index (κ3) is 2.15. The average molecular weight is 354 g/mol. The Labute approximate surface area is 159 Å². The van der Waals surface area contributed by atoms with Crippen LogP contribution < -0.4 is 5.43 Å². The summed E-state index contributed by atoms with van der Waals surface area (Å²) in [4.78, 5) is 12.7.